The molecule has 1 unspecified atom stereocenters. The number of carbonyl (C=O) groups excluding carboxylic acids is 1. The van der Waals surface area contributed by atoms with Gasteiger partial charge in [0.1, 0.15) is 12.0 Å². The lowest BCUT2D eigenvalue weighted by Gasteiger charge is -2.21. The van der Waals surface area contributed by atoms with Crippen LogP contribution in [0.4, 0.5) is 4.79 Å². The number of nitriles is 1. The Morgan fingerprint density at radius 3 is 2.75 bits per heavy atom. The highest BCUT2D eigenvalue weighted by atomic mass is 16.7. The zero-order valence-electron chi connectivity index (χ0n) is 18.6. The molecule has 1 aliphatic rings. The number of rotatable bonds is 7. The molecule has 0 N–H and O–H groups in total. The maximum Gasteiger partial charge on any atom is 0.510 e. The Kier molecular flexibility index (Phi) is 6.40. The maximum atomic E-state index is 11.9. The third-order valence-corrected chi connectivity index (χ3v) is 5.96. The SMILES string of the molecule is CC(C)OC(=O)OC(C)n1ccc2c(-c3cnn([C@H](CC#N)C4CCCC4)c3)ncnc21. The minimum absolute atomic E-state index is 0.0820. The number of hydrogen-bond acceptors (Lipinski definition) is 7. The first-order chi connectivity index (χ1) is 15.5. The minimum atomic E-state index is -0.722. The van der Waals surface area contributed by atoms with Crippen molar-refractivity contribution in [3.05, 3.63) is 31.0 Å². The van der Waals surface area contributed by atoms with Crippen LogP contribution in [0.15, 0.2) is 31.0 Å². The highest BCUT2D eigenvalue weighted by Gasteiger charge is 2.27. The van der Waals surface area contributed by atoms with E-state index in [2.05, 4.69) is 21.1 Å². The van der Waals surface area contributed by atoms with Crippen molar-refractivity contribution in [1.29, 1.82) is 5.26 Å². The second kappa shape index (κ2) is 9.39. The quantitative estimate of drug-likeness (QED) is 0.478. The molecule has 3 heterocycles. The molecule has 9 heteroatoms. The first kappa shape index (κ1) is 21.8. The van der Waals surface area contributed by atoms with Crippen LogP contribution in [0.1, 0.15) is 65.1 Å². The molecule has 0 spiro atoms. The molecule has 4 rings (SSSR count). The van der Waals surface area contributed by atoms with Gasteiger partial charge in [-0.05, 0) is 45.6 Å². The number of fused-ring (bicyclic) bond motifs is 1. The van der Waals surface area contributed by atoms with E-state index in [9.17, 15) is 10.1 Å². The van der Waals surface area contributed by atoms with Crippen molar-refractivity contribution < 1.29 is 14.3 Å². The summed E-state index contributed by atoms with van der Waals surface area (Å²) in [5, 5.41) is 14.7. The predicted octanol–water partition coefficient (Wildman–Crippen LogP) is 5.02. The Morgan fingerprint density at radius 2 is 2.03 bits per heavy atom. The van der Waals surface area contributed by atoms with Crippen LogP contribution in [-0.2, 0) is 9.47 Å². The Morgan fingerprint density at radius 1 is 1.25 bits per heavy atom. The van der Waals surface area contributed by atoms with Crippen molar-refractivity contribution in [2.24, 2.45) is 5.92 Å². The summed E-state index contributed by atoms with van der Waals surface area (Å²) in [4.78, 5) is 20.8. The van der Waals surface area contributed by atoms with Crippen LogP contribution < -0.4 is 0 Å². The smallest absolute Gasteiger partial charge is 0.432 e. The van der Waals surface area contributed by atoms with Gasteiger partial charge < -0.3 is 9.47 Å². The molecule has 1 saturated carbocycles. The summed E-state index contributed by atoms with van der Waals surface area (Å²) in [6.07, 6.45) is 10.7. The normalized spacial score (nSPS) is 16.2. The maximum absolute atomic E-state index is 11.9. The van der Waals surface area contributed by atoms with Crippen LogP contribution in [0, 0.1) is 17.2 Å². The van der Waals surface area contributed by atoms with Crippen molar-refractivity contribution in [3.8, 4) is 17.3 Å². The molecule has 9 nitrogen and oxygen atoms in total. The van der Waals surface area contributed by atoms with E-state index in [1.807, 2.05) is 23.1 Å². The van der Waals surface area contributed by atoms with Gasteiger partial charge in [0.15, 0.2) is 6.23 Å². The highest BCUT2D eigenvalue weighted by Crippen LogP contribution is 2.37. The zero-order chi connectivity index (χ0) is 22.7. The molecule has 0 bridgehead atoms. The molecule has 1 aliphatic carbocycles. The van der Waals surface area contributed by atoms with Crippen LogP contribution >= 0.6 is 0 Å². The first-order valence-corrected chi connectivity index (χ1v) is 11.1. The summed E-state index contributed by atoms with van der Waals surface area (Å²) in [6, 6.07) is 4.31. The van der Waals surface area contributed by atoms with Gasteiger partial charge in [-0.2, -0.15) is 10.4 Å². The van der Waals surface area contributed by atoms with E-state index in [-0.39, 0.29) is 12.1 Å². The van der Waals surface area contributed by atoms with Crippen LogP contribution in [0.5, 0.6) is 0 Å². The molecule has 1 fully saturated rings. The molecule has 3 aromatic heterocycles. The number of hydrogen-bond donors (Lipinski definition) is 0. The van der Waals surface area contributed by atoms with Gasteiger partial charge in [0.05, 0.1) is 36.5 Å². The van der Waals surface area contributed by atoms with Crippen LogP contribution in [0.25, 0.3) is 22.3 Å². The highest BCUT2D eigenvalue weighted by molar-refractivity contribution is 5.90. The van der Waals surface area contributed by atoms with Crippen LogP contribution in [0.3, 0.4) is 0 Å². The van der Waals surface area contributed by atoms with Crippen molar-refractivity contribution >= 4 is 17.2 Å². The van der Waals surface area contributed by atoms with E-state index >= 15 is 0 Å². The number of carbonyl (C=O) groups is 1. The molecule has 0 radical (unpaired) electrons. The third kappa shape index (κ3) is 4.44. The number of nitrogens with zero attached hydrogens (tertiary/aromatic N) is 6. The molecule has 2 atom stereocenters. The van der Waals surface area contributed by atoms with Gasteiger partial charge in [-0.15, -0.1) is 0 Å². The average molecular weight is 437 g/mol. The molecular weight excluding hydrogens is 408 g/mol. The van der Waals surface area contributed by atoms with Crippen molar-refractivity contribution in [1.82, 2.24) is 24.3 Å². The van der Waals surface area contributed by atoms with Crippen molar-refractivity contribution in [3.63, 3.8) is 0 Å². The van der Waals surface area contributed by atoms with Gasteiger partial charge in [0, 0.05) is 23.3 Å². The van der Waals surface area contributed by atoms with Gasteiger partial charge >= 0.3 is 6.16 Å². The molecule has 0 saturated heterocycles. The summed E-state index contributed by atoms with van der Waals surface area (Å²) in [6.45, 7) is 5.30. The molecule has 3 aromatic rings. The molecule has 0 aromatic carbocycles. The summed E-state index contributed by atoms with van der Waals surface area (Å²) < 4.78 is 14.1. The van der Waals surface area contributed by atoms with Gasteiger partial charge in [0.25, 0.3) is 0 Å². The Balaban J connectivity index is 1.61. The topological polar surface area (TPSA) is 108 Å². The average Bonchev–Trinajstić information content (AvgIpc) is 3.51. The molecule has 168 valence electrons. The largest absolute Gasteiger partial charge is 0.510 e. The molecular formula is C23H28N6O3. The summed E-state index contributed by atoms with van der Waals surface area (Å²) >= 11 is 0. The van der Waals surface area contributed by atoms with E-state index in [4.69, 9.17) is 9.47 Å². The lowest BCUT2D eigenvalue weighted by molar-refractivity contribution is -0.00863. The molecule has 32 heavy (non-hydrogen) atoms. The first-order valence-electron chi connectivity index (χ1n) is 11.1. The van der Waals surface area contributed by atoms with Crippen LogP contribution in [0.2, 0.25) is 0 Å². The number of ether oxygens (including phenoxy) is 2. The van der Waals surface area contributed by atoms with E-state index < -0.39 is 12.4 Å². The van der Waals surface area contributed by atoms with Crippen LogP contribution in [-0.4, -0.2) is 36.6 Å². The second-order valence-corrected chi connectivity index (χ2v) is 8.50. The Bertz CT molecular complexity index is 1120. The van der Waals surface area contributed by atoms with E-state index in [0.717, 1.165) is 29.5 Å². The fraction of sp³-hybridized carbons (Fsp3) is 0.522. The Labute approximate surface area is 187 Å². The second-order valence-electron chi connectivity index (χ2n) is 8.50. The van der Waals surface area contributed by atoms with Gasteiger partial charge in [-0.3, -0.25) is 9.25 Å². The van der Waals surface area contributed by atoms with E-state index in [0.29, 0.717) is 18.0 Å². The molecule has 0 aliphatic heterocycles. The predicted molar refractivity (Wildman–Crippen MR) is 117 cm³/mol. The summed E-state index contributed by atoms with van der Waals surface area (Å²) in [5.41, 5.74) is 2.26. The van der Waals surface area contributed by atoms with Gasteiger partial charge in [-0.25, -0.2) is 14.8 Å². The zero-order valence-corrected chi connectivity index (χ0v) is 18.6. The standard InChI is InChI=1S/C23H28N6O3/c1-15(2)31-23(30)32-16(3)28-11-9-19-21(25-14-26-22(19)28)18-12-27-29(13-18)20(8-10-24)17-6-4-5-7-17/h9,11-17,20H,4-8H2,1-3H3/t16?,20-/m1/s1. The molecule has 0 amide bonds. The number of aromatic nitrogens is 5. The Hall–Kier alpha value is -3.41. The van der Waals surface area contributed by atoms with Crippen molar-refractivity contribution in [2.75, 3.05) is 0 Å². The van der Waals surface area contributed by atoms with E-state index in [1.165, 1.54) is 19.2 Å². The lowest BCUT2D eigenvalue weighted by atomic mass is 9.96. The monoisotopic (exact) mass is 436 g/mol. The third-order valence-electron chi connectivity index (χ3n) is 5.96. The fourth-order valence-electron chi connectivity index (χ4n) is 4.46. The van der Waals surface area contributed by atoms with Crippen molar-refractivity contribution in [2.45, 2.75) is 71.2 Å². The lowest BCUT2D eigenvalue weighted by Crippen LogP contribution is -2.18. The minimum Gasteiger partial charge on any atom is -0.432 e. The van der Waals surface area contributed by atoms with Gasteiger partial charge in [-0.1, -0.05) is 12.8 Å². The van der Waals surface area contributed by atoms with Gasteiger partial charge in [0.2, 0.25) is 0 Å². The summed E-state index contributed by atoms with van der Waals surface area (Å²) in [7, 11) is 0. The fourth-order valence-corrected chi connectivity index (χ4v) is 4.46. The summed E-state index contributed by atoms with van der Waals surface area (Å²) in [5.74, 6) is 0.484. The van der Waals surface area contributed by atoms with E-state index in [1.54, 1.807) is 31.5 Å².